The highest BCUT2D eigenvalue weighted by molar-refractivity contribution is 6.05. The van der Waals surface area contributed by atoms with Crippen LogP contribution >= 0.6 is 0 Å². The first-order valence-electron chi connectivity index (χ1n) is 8.99. The predicted octanol–water partition coefficient (Wildman–Crippen LogP) is 2.16. The van der Waals surface area contributed by atoms with Gasteiger partial charge in [-0.15, -0.1) is 0 Å². The number of nitrogens with zero attached hydrogens (tertiary/aromatic N) is 3. The molecule has 0 N–H and O–H groups in total. The van der Waals surface area contributed by atoms with E-state index in [9.17, 15) is 14.4 Å². The van der Waals surface area contributed by atoms with Crippen molar-refractivity contribution in [2.45, 2.75) is 57.3 Å². The Balaban J connectivity index is 1.58. The van der Waals surface area contributed by atoms with Crippen LogP contribution in [0.2, 0.25) is 0 Å². The molecule has 4 amide bonds. The number of imide groups is 1. The normalized spacial score (nSPS) is 29.3. The monoisotopic (exact) mass is 341 g/mol. The number of amides is 4. The van der Waals surface area contributed by atoms with Crippen LogP contribution in [0.1, 0.15) is 44.7 Å². The molecule has 6 heteroatoms. The quantitative estimate of drug-likeness (QED) is 0.792. The zero-order valence-corrected chi connectivity index (χ0v) is 14.6. The number of benzene rings is 1. The Kier molecular flexibility index (Phi) is 3.78. The van der Waals surface area contributed by atoms with Crippen LogP contribution < -0.4 is 0 Å². The number of carbonyl (C=O) groups is 3. The lowest BCUT2D eigenvalue weighted by molar-refractivity contribution is -0.129. The Hall–Kier alpha value is -2.37. The molecule has 3 aliphatic heterocycles. The van der Waals surface area contributed by atoms with Gasteiger partial charge in [-0.05, 0) is 32.3 Å². The lowest BCUT2D eigenvalue weighted by Gasteiger charge is -2.27. The van der Waals surface area contributed by atoms with E-state index in [0.717, 1.165) is 12.0 Å². The maximum Gasteiger partial charge on any atom is 0.328 e. The third-order valence-electron chi connectivity index (χ3n) is 5.65. The number of carbonyl (C=O) groups excluding carboxylic acids is 3. The number of rotatable bonds is 3. The topological polar surface area (TPSA) is 60.9 Å². The van der Waals surface area contributed by atoms with Gasteiger partial charge in [-0.1, -0.05) is 30.3 Å². The second kappa shape index (κ2) is 5.86. The molecular formula is C19H23N3O3. The largest absolute Gasteiger partial charge is 0.338 e. The van der Waals surface area contributed by atoms with E-state index < -0.39 is 0 Å². The zero-order chi connectivity index (χ0) is 17.7. The summed E-state index contributed by atoms with van der Waals surface area (Å²) in [5.74, 6) is -0.112. The molecule has 0 bridgehead atoms. The average molecular weight is 341 g/mol. The number of urea groups is 1. The summed E-state index contributed by atoms with van der Waals surface area (Å²) in [7, 11) is 0. The predicted molar refractivity (Wildman–Crippen MR) is 91.5 cm³/mol. The molecular weight excluding hydrogens is 318 g/mol. The average Bonchev–Trinajstić information content (AvgIpc) is 3.24. The van der Waals surface area contributed by atoms with Crippen molar-refractivity contribution in [2.75, 3.05) is 6.54 Å². The lowest BCUT2D eigenvalue weighted by atomic mass is 10.0. The van der Waals surface area contributed by atoms with E-state index in [1.54, 1.807) is 9.80 Å². The second-order valence-corrected chi connectivity index (χ2v) is 7.42. The molecule has 3 atom stereocenters. The van der Waals surface area contributed by atoms with E-state index in [1.165, 1.54) is 4.90 Å². The van der Waals surface area contributed by atoms with Crippen LogP contribution in [0, 0.1) is 0 Å². The molecule has 25 heavy (non-hydrogen) atoms. The van der Waals surface area contributed by atoms with Crippen molar-refractivity contribution in [3.63, 3.8) is 0 Å². The summed E-state index contributed by atoms with van der Waals surface area (Å²) in [4.78, 5) is 43.0. The SMILES string of the molecule is CC(C)N1C[C@@H](N2C(=O)[C@@H]3CC[C@@H](c4ccccc4)N3C2=O)CC1=O. The summed E-state index contributed by atoms with van der Waals surface area (Å²) < 4.78 is 0. The number of likely N-dealkylation sites (tertiary alicyclic amines) is 1. The summed E-state index contributed by atoms with van der Waals surface area (Å²) in [5.41, 5.74) is 1.07. The molecule has 132 valence electrons. The van der Waals surface area contributed by atoms with Gasteiger partial charge in [0.2, 0.25) is 5.91 Å². The van der Waals surface area contributed by atoms with Crippen molar-refractivity contribution in [1.82, 2.24) is 14.7 Å². The standard InChI is InChI=1S/C19H23N3O3/c1-12(2)20-11-14(10-17(20)23)21-18(24)16-9-8-15(22(16)19(21)25)13-6-4-3-5-7-13/h3-7,12,14-16H,8-11H2,1-2H3/t14-,15-,16-/m0/s1. The second-order valence-electron chi connectivity index (χ2n) is 7.42. The van der Waals surface area contributed by atoms with Crippen LogP contribution in [0.15, 0.2) is 30.3 Å². The van der Waals surface area contributed by atoms with E-state index in [2.05, 4.69) is 0 Å². The van der Waals surface area contributed by atoms with Gasteiger partial charge in [-0.25, -0.2) is 4.79 Å². The summed E-state index contributed by atoms with van der Waals surface area (Å²) >= 11 is 0. The first-order chi connectivity index (χ1) is 12.0. The van der Waals surface area contributed by atoms with Crippen molar-refractivity contribution in [2.24, 2.45) is 0 Å². The zero-order valence-electron chi connectivity index (χ0n) is 14.6. The Morgan fingerprint density at radius 2 is 1.68 bits per heavy atom. The molecule has 0 spiro atoms. The molecule has 3 aliphatic rings. The van der Waals surface area contributed by atoms with Crippen molar-refractivity contribution in [3.05, 3.63) is 35.9 Å². The highest BCUT2D eigenvalue weighted by Gasteiger charge is 2.55. The van der Waals surface area contributed by atoms with E-state index in [0.29, 0.717) is 13.0 Å². The highest BCUT2D eigenvalue weighted by Crippen LogP contribution is 2.42. The third-order valence-corrected chi connectivity index (χ3v) is 5.65. The van der Waals surface area contributed by atoms with Gasteiger partial charge in [0.15, 0.2) is 0 Å². The van der Waals surface area contributed by atoms with Gasteiger partial charge >= 0.3 is 6.03 Å². The van der Waals surface area contributed by atoms with E-state index >= 15 is 0 Å². The molecule has 0 radical (unpaired) electrons. The molecule has 0 saturated carbocycles. The summed E-state index contributed by atoms with van der Waals surface area (Å²) in [6.45, 7) is 4.36. The van der Waals surface area contributed by atoms with Gasteiger partial charge in [0.25, 0.3) is 5.91 Å². The summed E-state index contributed by atoms with van der Waals surface area (Å²) in [6, 6.07) is 8.97. The van der Waals surface area contributed by atoms with Gasteiger partial charge in [0.1, 0.15) is 6.04 Å². The molecule has 0 unspecified atom stereocenters. The first kappa shape index (κ1) is 16.1. The molecule has 3 heterocycles. The molecule has 3 fully saturated rings. The van der Waals surface area contributed by atoms with E-state index in [4.69, 9.17) is 0 Å². The Bertz CT molecular complexity index is 718. The highest BCUT2D eigenvalue weighted by atomic mass is 16.2. The van der Waals surface area contributed by atoms with Crippen molar-refractivity contribution >= 4 is 17.8 Å². The third kappa shape index (κ3) is 2.42. The molecule has 0 aromatic heterocycles. The van der Waals surface area contributed by atoms with Crippen LogP contribution in [0.3, 0.4) is 0 Å². The van der Waals surface area contributed by atoms with Crippen LogP contribution in [-0.4, -0.2) is 57.2 Å². The number of hydrogen-bond acceptors (Lipinski definition) is 3. The molecule has 0 aliphatic carbocycles. The Labute approximate surface area is 147 Å². The lowest BCUT2D eigenvalue weighted by Crippen LogP contribution is -2.44. The Morgan fingerprint density at radius 3 is 2.32 bits per heavy atom. The minimum absolute atomic E-state index is 0.0206. The van der Waals surface area contributed by atoms with Crippen LogP contribution in [0.5, 0.6) is 0 Å². The van der Waals surface area contributed by atoms with Crippen molar-refractivity contribution in [3.8, 4) is 0 Å². The van der Waals surface area contributed by atoms with Gasteiger partial charge in [-0.3, -0.25) is 14.5 Å². The first-order valence-corrected chi connectivity index (χ1v) is 8.99. The van der Waals surface area contributed by atoms with Crippen LogP contribution in [0.25, 0.3) is 0 Å². The van der Waals surface area contributed by atoms with Crippen molar-refractivity contribution in [1.29, 1.82) is 0 Å². The van der Waals surface area contributed by atoms with Gasteiger partial charge in [0.05, 0.1) is 12.1 Å². The van der Waals surface area contributed by atoms with Gasteiger partial charge < -0.3 is 9.80 Å². The Morgan fingerprint density at radius 1 is 1.00 bits per heavy atom. The molecule has 1 aromatic rings. The fraction of sp³-hybridized carbons (Fsp3) is 0.526. The molecule has 1 aromatic carbocycles. The van der Waals surface area contributed by atoms with Crippen LogP contribution in [-0.2, 0) is 9.59 Å². The smallest absolute Gasteiger partial charge is 0.328 e. The summed E-state index contributed by atoms with van der Waals surface area (Å²) in [5, 5.41) is 0. The maximum absolute atomic E-state index is 13.1. The minimum Gasteiger partial charge on any atom is -0.338 e. The number of hydrogen-bond donors (Lipinski definition) is 0. The molecule has 3 saturated heterocycles. The minimum atomic E-state index is -0.374. The van der Waals surface area contributed by atoms with Crippen molar-refractivity contribution < 1.29 is 14.4 Å². The van der Waals surface area contributed by atoms with E-state index in [-0.39, 0.29) is 48.4 Å². The van der Waals surface area contributed by atoms with Gasteiger partial charge in [0, 0.05) is 19.0 Å². The molecule has 6 nitrogen and oxygen atoms in total. The summed E-state index contributed by atoms with van der Waals surface area (Å²) in [6.07, 6.45) is 1.74. The maximum atomic E-state index is 13.1. The fourth-order valence-corrected chi connectivity index (χ4v) is 4.42. The van der Waals surface area contributed by atoms with E-state index in [1.807, 2.05) is 44.2 Å². The van der Waals surface area contributed by atoms with Crippen LogP contribution in [0.4, 0.5) is 4.79 Å². The van der Waals surface area contributed by atoms with Gasteiger partial charge in [-0.2, -0.15) is 0 Å². The fourth-order valence-electron chi connectivity index (χ4n) is 4.42. The number of fused-ring (bicyclic) bond motifs is 1. The molecule has 4 rings (SSSR count).